The minimum Gasteiger partial charge on any atom is -0.360 e. The van der Waals surface area contributed by atoms with Gasteiger partial charge in [-0.3, -0.25) is 9.59 Å². The van der Waals surface area contributed by atoms with Crippen LogP contribution >= 0.6 is 0 Å². The van der Waals surface area contributed by atoms with Crippen molar-refractivity contribution in [3.8, 4) is 0 Å². The van der Waals surface area contributed by atoms with E-state index in [0.29, 0.717) is 18.7 Å². The molecule has 1 aromatic carbocycles. The Kier molecular flexibility index (Phi) is 7.81. The molecule has 0 saturated heterocycles. The molecule has 0 aliphatic rings. The summed E-state index contributed by atoms with van der Waals surface area (Å²) in [7, 11) is 0. The number of rotatable bonds is 9. The molecule has 1 heterocycles. The van der Waals surface area contributed by atoms with Gasteiger partial charge in [-0.15, -0.1) is 0 Å². The van der Waals surface area contributed by atoms with Gasteiger partial charge in [-0.25, -0.2) is 0 Å². The maximum Gasteiger partial charge on any atom is 0.416 e. The third kappa shape index (κ3) is 6.92. The highest BCUT2D eigenvalue weighted by atomic mass is 19.4. The molecule has 2 amide bonds. The van der Waals surface area contributed by atoms with Crippen LogP contribution in [0.15, 0.2) is 34.9 Å². The van der Waals surface area contributed by atoms with E-state index in [4.69, 9.17) is 4.52 Å². The monoisotopic (exact) mass is 411 g/mol. The molecule has 0 spiro atoms. The molecular weight excluding hydrogens is 387 g/mol. The SMILES string of the molecule is CCCCCCN(CC(=O)Nc1cc(C)on1)C(=O)c1ccc(C(F)(F)F)cc1. The molecular formula is C20H24F3N3O3. The van der Waals surface area contributed by atoms with Gasteiger partial charge in [0.25, 0.3) is 5.91 Å². The Morgan fingerprint density at radius 1 is 1.14 bits per heavy atom. The minimum atomic E-state index is -4.48. The summed E-state index contributed by atoms with van der Waals surface area (Å²) in [6.07, 6.45) is -0.892. The number of nitrogens with zero attached hydrogens (tertiary/aromatic N) is 2. The molecule has 0 unspecified atom stereocenters. The summed E-state index contributed by atoms with van der Waals surface area (Å²) in [5, 5.41) is 6.21. The van der Waals surface area contributed by atoms with Crippen molar-refractivity contribution in [1.82, 2.24) is 10.1 Å². The normalized spacial score (nSPS) is 11.3. The van der Waals surface area contributed by atoms with Crippen LogP contribution in [0.5, 0.6) is 0 Å². The predicted molar refractivity (Wildman–Crippen MR) is 101 cm³/mol. The van der Waals surface area contributed by atoms with E-state index in [-0.39, 0.29) is 17.9 Å². The van der Waals surface area contributed by atoms with Crippen molar-refractivity contribution in [2.45, 2.75) is 45.7 Å². The summed E-state index contributed by atoms with van der Waals surface area (Å²) in [5.74, 6) is -0.200. The topological polar surface area (TPSA) is 75.4 Å². The first kappa shape index (κ1) is 22.4. The third-order valence-corrected chi connectivity index (χ3v) is 4.26. The third-order valence-electron chi connectivity index (χ3n) is 4.26. The molecule has 0 aliphatic carbocycles. The molecule has 0 radical (unpaired) electrons. The summed E-state index contributed by atoms with van der Waals surface area (Å²) >= 11 is 0. The van der Waals surface area contributed by atoms with Gasteiger partial charge in [0.15, 0.2) is 5.82 Å². The van der Waals surface area contributed by atoms with E-state index in [0.717, 1.165) is 43.5 Å². The molecule has 0 atom stereocenters. The van der Waals surface area contributed by atoms with Crippen molar-refractivity contribution >= 4 is 17.6 Å². The summed E-state index contributed by atoms with van der Waals surface area (Å²) in [5.41, 5.74) is -0.735. The molecule has 0 fully saturated rings. The molecule has 1 aromatic heterocycles. The van der Waals surface area contributed by atoms with Crippen LogP contribution in [0.4, 0.5) is 19.0 Å². The van der Waals surface area contributed by atoms with Gasteiger partial charge in [0.05, 0.1) is 5.56 Å². The lowest BCUT2D eigenvalue weighted by Gasteiger charge is -2.22. The highest BCUT2D eigenvalue weighted by Gasteiger charge is 2.30. The van der Waals surface area contributed by atoms with Crippen LogP contribution in [-0.2, 0) is 11.0 Å². The number of aromatic nitrogens is 1. The number of unbranched alkanes of at least 4 members (excludes halogenated alkanes) is 3. The lowest BCUT2D eigenvalue weighted by Crippen LogP contribution is -2.38. The van der Waals surface area contributed by atoms with Gasteiger partial charge in [0, 0.05) is 18.2 Å². The first-order valence-corrected chi connectivity index (χ1v) is 9.40. The predicted octanol–water partition coefficient (Wildman–Crippen LogP) is 4.66. The fraction of sp³-hybridized carbons (Fsp3) is 0.450. The Bertz CT molecular complexity index is 816. The van der Waals surface area contributed by atoms with Gasteiger partial charge in [-0.2, -0.15) is 13.2 Å². The van der Waals surface area contributed by atoms with Crippen LogP contribution in [0.3, 0.4) is 0 Å². The maximum atomic E-state index is 12.8. The number of carbonyl (C=O) groups excluding carboxylic acids is 2. The lowest BCUT2D eigenvalue weighted by atomic mass is 10.1. The molecule has 2 rings (SSSR count). The van der Waals surface area contributed by atoms with Gasteiger partial charge in [0.1, 0.15) is 12.3 Å². The molecule has 6 nitrogen and oxygen atoms in total. The number of benzene rings is 1. The van der Waals surface area contributed by atoms with Crippen molar-refractivity contribution in [1.29, 1.82) is 0 Å². The van der Waals surface area contributed by atoms with Crippen molar-refractivity contribution < 1.29 is 27.3 Å². The molecule has 158 valence electrons. The van der Waals surface area contributed by atoms with Crippen molar-refractivity contribution in [2.24, 2.45) is 0 Å². The van der Waals surface area contributed by atoms with Crippen LogP contribution < -0.4 is 5.32 Å². The van der Waals surface area contributed by atoms with E-state index in [9.17, 15) is 22.8 Å². The Balaban J connectivity index is 2.08. The van der Waals surface area contributed by atoms with Gasteiger partial charge >= 0.3 is 6.18 Å². The lowest BCUT2D eigenvalue weighted by molar-refractivity contribution is -0.137. The molecule has 0 aliphatic heterocycles. The fourth-order valence-electron chi connectivity index (χ4n) is 2.75. The Morgan fingerprint density at radius 2 is 1.83 bits per heavy atom. The number of hydrogen-bond donors (Lipinski definition) is 1. The Labute approximate surface area is 167 Å². The maximum absolute atomic E-state index is 12.8. The zero-order valence-corrected chi connectivity index (χ0v) is 16.4. The minimum absolute atomic E-state index is 0.0959. The second-order valence-electron chi connectivity index (χ2n) is 6.73. The number of alkyl halides is 3. The summed E-state index contributed by atoms with van der Waals surface area (Å²) in [6, 6.07) is 5.52. The molecule has 0 bridgehead atoms. The highest BCUT2D eigenvalue weighted by Crippen LogP contribution is 2.29. The zero-order valence-electron chi connectivity index (χ0n) is 16.4. The van der Waals surface area contributed by atoms with Gasteiger partial charge in [0.2, 0.25) is 5.91 Å². The number of halogens is 3. The largest absolute Gasteiger partial charge is 0.416 e. The van der Waals surface area contributed by atoms with Crippen LogP contribution in [0.1, 0.15) is 54.3 Å². The van der Waals surface area contributed by atoms with Gasteiger partial charge in [-0.1, -0.05) is 31.3 Å². The number of hydrogen-bond acceptors (Lipinski definition) is 4. The van der Waals surface area contributed by atoms with Crippen molar-refractivity contribution in [3.63, 3.8) is 0 Å². The second-order valence-corrected chi connectivity index (χ2v) is 6.73. The Hall–Kier alpha value is -2.84. The number of aryl methyl sites for hydroxylation is 1. The number of anilines is 1. The van der Waals surface area contributed by atoms with Crippen molar-refractivity contribution in [3.05, 3.63) is 47.2 Å². The van der Waals surface area contributed by atoms with E-state index < -0.39 is 23.6 Å². The molecule has 29 heavy (non-hydrogen) atoms. The average Bonchev–Trinajstić information content (AvgIpc) is 3.07. The van der Waals surface area contributed by atoms with E-state index >= 15 is 0 Å². The molecule has 1 N–H and O–H groups in total. The molecule has 9 heteroatoms. The summed E-state index contributed by atoms with van der Waals surface area (Å²) in [4.78, 5) is 26.4. The van der Waals surface area contributed by atoms with Crippen LogP contribution in [0, 0.1) is 6.92 Å². The fourth-order valence-corrected chi connectivity index (χ4v) is 2.75. The Morgan fingerprint density at radius 3 is 2.38 bits per heavy atom. The molecule has 0 saturated carbocycles. The van der Waals surface area contributed by atoms with E-state index in [1.807, 2.05) is 0 Å². The quantitative estimate of drug-likeness (QED) is 0.609. The summed E-state index contributed by atoms with van der Waals surface area (Å²) in [6.45, 7) is 3.82. The molecule has 2 aromatic rings. The number of amides is 2. The first-order chi connectivity index (χ1) is 13.7. The first-order valence-electron chi connectivity index (χ1n) is 9.40. The van der Waals surface area contributed by atoms with E-state index in [2.05, 4.69) is 17.4 Å². The van der Waals surface area contributed by atoms with E-state index in [1.54, 1.807) is 13.0 Å². The van der Waals surface area contributed by atoms with E-state index in [1.165, 1.54) is 4.90 Å². The second kappa shape index (κ2) is 10.1. The zero-order chi connectivity index (χ0) is 21.4. The average molecular weight is 411 g/mol. The van der Waals surface area contributed by atoms with Gasteiger partial charge < -0.3 is 14.7 Å². The highest BCUT2D eigenvalue weighted by molar-refractivity contribution is 5.99. The number of nitrogens with one attached hydrogen (secondary N) is 1. The van der Waals surface area contributed by atoms with Gasteiger partial charge in [-0.05, 0) is 37.6 Å². The summed E-state index contributed by atoms with van der Waals surface area (Å²) < 4.78 is 43.1. The number of carbonyl (C=O) groups is 2. The van der Waals surface area contributed by atoms with Crippen LogP contribution in [0.2, 0.25) is 0 Å². The van der Waals surface area contributed by atoms with Crippen LogP contribution in [0.25, 0.3) is 0 Å². The smallest absolute Gasteiger partial charge is 0.360 e. The standard InChI is InChI=1S/C20H24F3N3O3/c1-3-4-5-6-11-26(13-18(27)24-17-12-14(2)29-25-17)19(28)15-7-9-16(10-8-15)20(21,22)23/h7-10,12H,3-6,11,13H2,1-2H3,(H,24,25,27). The van der Waals surface area contributed by atoms with Crippen molar-refractivity contribution in [2.75, 3.05) is 18.4 Å². The van der Waals surface area contributed by atoms with Crippen LogP contribution in [-0.4, -0.2) is 35.0 Å².